The maximum Gasteiger partial charge on any atom is 0.348 e. The number of H-pyrrole nitrogens is 1. The molecule has 0 bridgehead atoms. The van der Waals surface area contributed by atoms with E-state index in [1.807, 2.05) is 25.9 Å². The second-order valence-electron chi connectivity index (χ2n) is 10.3. The molecule has 0 radical (unpaired) electrons. The average Bonchev–Trinajstić information content (AvgIpc) is 3.38. The maximum absolute atomic E-state index is 16.2. The van der Waals surface area contributed by atoms with E-state index in [2.05, 4.69) is 15.4 Å². The Labute approximate surface area is 248 Å². The van der Waals surface area contributed by atoms with Crippen LogP contribution < -0.4 is 21.5 Å². The molecule has 0 saturated carbocycles. The summed E-state index contributed by atoms with van der Waals surface area (Å²) in [6.07, 6.45) is 0.884. The van der Waals surface area contributed by atoms with Gasteiger partial charge in [0.1, 0.15) is 24.9 Å². The van der Waals surface area contributed by atoms with Crippen molar-refractivity contribution in [1.29, 1.82) is 5.41 Å². The molecule has 0 aliphatic rings. The predicted molar refractivity (Wildman–Crippen MR) is 163 cm³/mol. The number of nitrogens with two attached hydrogens (primary N) is 1. The van der Waals surface area contributed by atoms with Gasteiger partial charge in [-0.25, -0.2) is 9.18 Å². The number of aromatic nitrogens is 3. The third kappa shape index (κ3) is 7.53. The van der Waals surface area contributed by atoms with Crippen molar-refractivity contribution in [3.05, 3.63) is 105 Å². The van der Waals surface area contributed by atoms with Crippen LogP contribution in [0.5, 0.6) is 5.75 Å². The molecule has 1 heterocycles. The van der Waals surface area contributed by atoms with Crippen molar-refractivity contribution in [1.82, 2.24) is 19.7 Å². The Morgan fingerprint density at radius 3 is 2.56 bits per heavy atom. The van der Waals surface area contributed by atoms with Crippen LogP contribution in [-0.4, -0.2) is 70.4 Å². The minimum Gasteiger partial charge on any atom is -0.489 e. The fourth-order valence-corrected chi connectivity index (χ4v) is 4.60. The van der Waals surface area contributed by atoms with Gasteiger partial charge in [0, 0.05) is 17.7 Å². The van der Waals surface area contributed by atoms with Crippen LogP contribution in [0, 0.1) is 11.2 Å². The van der Waals surface area contributed by atoms with Gasteiger partial charge < -0.3 is 25.8 Å². The number of rotatable bonds is 13. The molecule has 0 aliphatic heterocycles. The van der Waals surface area contributed by atoms with Crippen LogP contribution in [0.3, 0.4) is 0 Å². The zero-order valence-corrected chi connectivity index (χ0v) is 24.4. The molecule has 1 amide bonds. The second kappa shape index (κ2) is 13.9. The summed E-state index contributed by atoms with van der Waals surface area (Å²) in [4.78, 5) is 29.9. The van der Waals surface area contributed by atoms with Crippen molar-refractivity contribution >= 4 is 17.4 Å². The first-order valence-corrected chi connectivity index (χ1v) is 13.8. The number of ether oxygens (including phenoxy) is 1. The Kier molecular flexibility index (Phi) is 10.1. The molecule has 4 aromatic rings. The monoisotopic (exact) mass is 589 g/mol. The van der Waals surface area contributed by atoms with Crippen LogP contribution in [0.25, 0.3) is 5.69 Å². The largest absolute Gasteiger partial charge is 0.489 e. The van der Waals surface area contributed by atoms with E-state index in [9.17, 15) is 14.7 Å². The zero-order chi connectivity index (χ0) is 31.1. The summed E-state index contributed by atoms with van der Waals surface area (Å²) < 4.78 is 23.2. The average molecular weight is 590 g/mol. The molecular formula is C31H36FN7O4. The number of nitrogen functional groups attached to an aromatic ring is 1. The van der Waals surface area contributed by atoms with E-state index in [0.717, 1.165) is 15.8 Å². The number of anilines is 1. The van der Waals surface area contributed by atoms with E-state index in [1.165, 1.54) is 0 Å². The SMILES string of the molecule is CCc1cc(OCCN(C)C)c(F)c(C(Cc2ccc(C(=N)N)cc2)c2nn(-c3ccccc3NC(=O)CO)c(=O)[nH]2)c1. The van der Waals surface area contributed by atoms with Gasteiger partial charge in [-0.05, 0) is 56.3 Å². The Morgan fingerprint density at radius 2 is 1.91 bits per heavy atom. The van der Waals surface area contributed by atoms with Crippen molar-refractivity contribution in [3.8, 4) is 11.4 Å². The van der Waals surface area contributed by atoms with Gasteiger partial charge in [0.05, 0.1) is 17.3 Å². The predicted octanol–water partition coefficient (Wildman–Crippen LogP) is 2.79. The molecule has 1 unspecified atom stereocenters. The summed E-state index contributed by atoms with van der Waals surface area (Å²) in [6.45, 7) is 2.12. The fourth-order valence-electron chi connectivity index (χ4n) is 4.60. The lowest BCUT2D eigenvalue weighted by molar-refractivity contribution is -0.118. The van der Waals surface area contributed by atoms with Crippen LogP contribution in [0.15, 0.2) is 65.5 Å². The first-order valence-electron chi connectivity index (χ1n) is 13.8. The van der Waals surface area contributed by atoms with Crippen molar-refractivity contribution in [2.24, 2.45) is 5.73 Å². The number of aryl methyl sites for hydroxylation is 1. The molecule has 43 heavy (non-hydrogen) atoms. The normalized spacial score (nSPS) is 11.9. The van der Waals surface area contributed by atoms with Crippen LogP contribution in [0.1, 0.15) is 40.9 Å². The molecule has 1 atom stereocenters. The van der Waals surface area contributed by atoms with Gasteiger partial charge in [0.25, 0.3) is 0 Å². The molecule has 11 nitrogen and oxygen atoms in total. The van der Waals surface area contributed by atoms with Crippen LogP contribution in [0.2, 0.25) is 0 Å². The number of aliphatic hydroxyl groups is 1. The van der Waals surface area contributed by atoms with Gasteiger partial charge in [-0.3, -0.25) is 15.2 Å². The molecule has 226 valence electrons. The highest BCUT2D eigenvalue weighted by molar-refractivity contribution is 5.95. The topological polar surface area (TPSA) is 162 Å². The number of nitrogens with zero attached hydrogens (tertiary/aromatic N) is 3. The molecule has 4 rings (SSSR count). The van der Waals surface area contributed by atoms with E-state index in [-0.39, 0.29) is 41.8 Å². The molecule has 0 saturated heterocycles. The number of para-hydroxylation sites is 2. The summed E-state index contributed by atoms with van der Waals surface area (Å²) in [5.41, 5.74) is 8.09. The van der Waals surface area contributed by atoms with Crippen LogP contribution in [0.4, 0.5) is 10.1 Å². The van der Waals surface area contributed by atoms with Gasteiger partial charge in [-0.1, -0.05) is 49.4 Å². The van der Waals surface area contributed by atoms with E-state index < -0.39 is 29.9 Å². The van der Waals surface area contributed by atoms with E-state index in [1.54, 1.807) is 60.7 Å². The quantitative estimate of drug-likeness (QED) is 0.118. The van der Waals surface area contributed by atoms with Gasteiger partial charge in [0.2, 0.25) is 5.91 Å². The smallest absolute Gasteiger partial charge is 0.348 e. The lowest BCUT2D eigenvalue weighted by atomic mass is 9.89. The molecule has 12 heteroatoms. The highest BCUT2D eigenvalue weighted by atomic mass is 19.1. The van der Waals surface area contributed by atoms with Crippen molar-refractivity contribution < 1.29 is 19.0 Å². The van der Waals surface area contributed by atoms with E-state index in [0.29, 0.717) is 24.1 Å². The van der Waals surface area contributed by atoms with Gasteiger partial charge in [-0.2, -0.15) is 4.68 Å². The summed E-state index contributed by atoms with van der Waals surface area (Å²) in [6, 6.07) is 17.0. The second-order valence-corrected chi connectivity index (χ2v) is 10.3. The molecule has 3 aromatic carbocycles. The van der Waals surface area contributed by atoms with E-state index >= 15 is 4.39 Å². The highest BCUT2D eigenvalue weighted by Gasteiger charge is 2.27. The number of likely N-dealkylation sites (N-methyl/N-ethyl adjacent to an activating group) is 1. The third-order valence-electron chi connectivity index (χ3n) is 6.93. The number of amides is 1. The van der Waals surface area contributed by atoms with Gasteiger partial charge in [0.15, 0.2) is 11.6 Å². The zero-order valence-electron chi connectivity index (χ0n) is 24.4. The molecule has 0 aliphatic carbocycles. The summed E-state index contributed by atoms with van der Waals surface area (Å²) in [5.74, 6) is -1.68. The Morgan fingerprint density at radius 1 is 1.19 bits per heavy atom. The molecule has 0 spiro atoms. The first kappa shape index (κ1) is 31.1. The lowest BCUT2D eigenvalue weighted by Crippen LogP contribution is -2.21. The number of hydrogen-bond acceptors (Lipinski definition) is 7. The number of aliphatic hydroxyl groups excluding tert-OH is 1. The van der Waals surface area contributed by atoms with E-state index in [4.69, 9.17) is 15.9 Å². The molecular weight excluding hydrogens is 553 g/mol. The standard InChI is InChI=1S/C31H36FN7O4/c1-4-19-15-22(28(32)26(17-19)43-14-13-38(2)3)23(16-20-9-11-21(12-10-20)29(33)34)30-36-31(42)39(37-30)25-8-6-5-7-24(25)35-27(41)18-40/h5-12,15,17,23,40H,4,13-14,16,18H2,1-3H3,(H3,33,34)(H,35,41)(H,36,37,42). The minimum absolute atomic E-state index is 0.0701. The summed E-state index contributed by atoms with van der Waals surface area (Å²) in [5, 5.41) is 24.0. The lowest BCUT2D eigenvalue weighted by Gasteiger charge is -2.20. The maximum atomic E-state index is 16.2. The number of hydrogen-bond donors (Lipinski definition) is 5. The Balaban J connectivity index is 1.83. The number of aromatic amines is 1. The molecule has 0 fully saturated rings. The first-order chi connectivity index (χ1) is 20.6. The highest BCUT2D eigenvalue weighted by Crippen LogP contribution is 2.34. The number of carbonyl (C=O) groups excluding carboxylic acids is 1. The van der Waals surface area contributed by atoms with Crippen molar-refractivity contribution in [3.63, 3.8) is 0 Å². The molecule has 1 aromatic heterocycles. The number of halogens is 1. The van der Waals surface area contributed by atoms with Crippen molar-refractivity contribution in [2.75, 3.05) is 39.2 Å². The van der Waals surface area contributed by atoms with Gasteiger partial charge >= 0.3 is 5.69 Å². The summed E-state index contributed by atoms with van der Waals surface area (Å²) in [7, 11) is 3.81. The fraction of sp³-hybridized carbons (Fsp3) is 0.290. The molecule has 6 N–H and O–H groups in total. The number of amidine groups is 1. The van der Waals surface area contributed by atoms with Crippen molar-refractivity contribution in [2.45, 2.75) is 25.7 Å². The Hall–Kier alpha value is -4.81. The summed E-state index contributed by atoms with van der Waals surface area (Å²) >= 11 is 0. The number of carbonyl (C=O) groups is 1. The number of nitrogens with one attached hydrogen (secondary N) is 3. The minimum atomic E-state index is -0.737. The third-order valence-corrected chi connectivity index (χ3v) is 6.93. The van der Waals surface area contributed by atoms with Gasteiger partial charge in [-0.15, -0.1) is 5.10 Å². The van der Waals surface area contributed by atoms with Crippen LogP contribution in [-0.2, 0) is 17.6 Å². The Bertz CT molecular complexity index is 1650. The number of benzene rings is 3. The van der Waals surface area contributed by atoms with Crippen LogP contribution >= 0.6 is 0 Å².